The second-order valence-corrected chi connectivity index (χ2v) is 6.41. The van der Waals surface area contributed by atoms with Crippen LogP contribution in [0.4, 0.5) is 5.82 Å². The second kappa shape index (κ2) is 6.06. The van der Waals surface area contributed by atoms with Crippen LogP contribution in [0.2, 0.25) is 0 Å². The first-order valence-corrected chi connectivity index (χ1v) is 8.47. The Labute approximate surface area is 133 Å². The van der Waals surface area contributed by atoms with E-state index in [0.717, 1.165) is 45.1 Å². The zero-order valence-corrected chi connectivity index (χ0v) is 13.2. The van der Waals surface area contributed by atoms with Gasteiger partial charge in [-0.2, -0.15) is 9.47 Å². The molecule has 1 fully saturated rings. The Morgan fingerprint density at radius 3 is 2.68 bits per heavy atom. The maximum Gasteiger partial charge on any atom is 0.150 e. The van der Waals surface area contributed by atoms with Crippen LogP contribution in [0, 0.1) is 0 Å². The van der Waals surface area contributed by atoms with Crippen molar-refractivity contribution in [1.82, 2.24) is 19.1 Å². The summed E-state index contributed by atoms with van der Waals surface area (Å²) in [7, 11) is 0. The SMILES string of the molecule is c1ccc2c(N3CCN(CCn4cccn4)CC3)nsc2c1. The van der Waals surface area contributed by atoms with Crippen molar-refractivity contribution in [2.45, 2.75) is 6.54 Å². The molecule has 0 atom stereocenters. The Balaban J connectivity index is 1.37. The molecule has 0 spiro atoms. The first-order valence-electron chi connectivity index (χ1n) is 7.69. The molecule has 1 aliphatic heterocycles. The van der Waals surface area contributed by atoms with Crippen LogP contribution < -0.4 is 4.90 Å². The van der Waals surface area contributed by atoms with Gasteiger partial charge in [0.25, 0.3) is 0 Å². The summed E-state index contributed by atoms with van der Waals surface area (Å²) in [5.41, 5.74) is 0. The molecule has 0 unspecified atom stereocenters. The van der Waals surface area contributed by atoms with Gasteiger partial charge < -0.3 is 4.90 Å². The average molecular weight is 313 g/mol. The highest BCUT2D eigenvalue weighted by atomic mass is 32.1. The van der Waals surface area contributed by atoms with Gasteiger partial charge in [-0.3, -0.25) is 9.58 Å². The van der Waals surface area contributed by atoms with Gasteiger partial charge in [-0.1, -0.05) is 12.1 Å². The molecule has 1 saturated heterocycles. The third-order valence-corrected chi connectivity index (χ3v) is 5.05. The van der Waals surface area contributed by atoms with Gasteiger partial charge in [-0.15, -0.1) is 0 Å². The minimum absolute atomic E-state index is 0.965. The molecule has 3 aromatic rings. The molecule has 0 aliphatic carbocycles. The van der Waals surface area contributed by atoms with Crippen LogP contribution in [0.3, 0.4) is 0 Å². The van der Waals surface area contributed by atoms with E-state index in [4.69, 9.17) is 0 Å². The monoisotopic (exact) mass is 313 g/mol. The van der Waals surface area contributed by atoms with Crippen molar-refractivity contribution in [2.24, 2.45) is 0 Å². The fraction of sp³-hybridized carbons (Fsp3) is 0.375. The van der Waals surface area contributed by atoms with Crippen molar-refractivity contribution in [2.75, 3.05) is 37.6 Å². The first kappa shape index (κ1) is 13.7. The maximum absolute atomic E-state index is 4.67. The van der Waals surface area contributed by atoms with E-state index in [0.29, 0.717) is 0 Å². The van der Waals surface area contributed by atoms with Crippen molar-refractivity contribution < 1.29 is 0 Å². The third kappa shape index (κ3) is 2.71. The van der Waals surface area contributed by atoms with Crippen molar-refractivity contribution in [3.8, 4) is 0 Å². The van der Waals surface area contributed by atoms with Crippen molar-refractivity contribution >= 4 is 27.4 Å². The number of hydrogen-bond acceptors (Lipinski definition) is 5. The second-order valence-electron chi connectivity index (χ2n) is 5.60. The normalized spacial score (nSPS) is 16.5. The minimum Gasteiger partial charge on any atom is -0.353 e. The topological polar surface area (TPSA) is 37.2 Å². The van der Waals surface area contributed by atoms with E-state index < -0.39 is 0 Å². The zero-order chi connectivity index (χ0) is 14.8. The Kier molecular flexibility index (Phi) is 3.78. The fourth-order valence-electron chi connectivity index (χ4n) is 2.96. The van der Waals surface area contributed by atoms with E-state index in [2.05, 4.69) is 43.5 Å². The molecule has 0 radical (unpaired) electrons. The molecule has 2 aromatic heterocycles. The fourth-order valence-corrected chi connectivity index (χ4v) is 3.76. The van der Waals surface area contributed by atoms with Crippen molar-refractivity contribution in [1.29, 1.82) is 0 Å². The molecule has 5 nitrogen and oxygen atoms in total. The van der Waals surface area contributed by atoms with Gasteiger partial charge in [0.05, 0.1) is 11.2 Å². The summed E-state index contributed by atoms with van der Waals surface area (Å²) in [5.74, 6) is 1.16. The number of benzene rings is 1. The number of hydrogen-bond donors (Lipinski definition) is 0. The molecule has 0 bridgehead atoms. The molecular formula is C16H19N5S. The first-order chi connectivity index (χ1) is 10.9. The summed E-state index contributed by atoms with van der Waals surface area (Å²) in [5, 5.41) is 5.55. The Morgan fingerprint density at radius 2 is 1.86 bits per heavy atom. The van der Waals surface area contributed by atoms with Crippen LogP contribution >= 0.6 is 11.5 Å². The number of aromatic nitrogens is 3. The molecule has 114 valence electrons. The van der Waals surface area contributed by atoms with Gasteiger partial charge >= 0.3 is 0 Å². The summed E-state index contributed by atoms with van der Waals surface area (Å²) >= 11 is 1.60. The van der Waals surface area contributed by atoms with E-state index in [1.54, 1.807) is 11.5 Å². The number of piperazine rings is 1. The molecule has 3 heterocycles. The number of nitrogens with zero attached hydrogens (tertiary/aromatic N) is 5. The number of rotatable bonds is 4. The van der Waals surface area contributed by atoms with E-state index >= 15 is 0 Å². The standard InChI is InChI=1S/C16H19N5S/c1-2-5-15-14(4-1)16(18-22-15)20-11-8-19(9-12-20)10-13-21-7-3-6-17-21/h1-7H,8-13H2. The quantitative estimate of drug-likeness (QED) is 0.741. The van der Waals surface area contributed by atoms with Crippen LogP contribution in [0.5, 0.6) is 0 Å². The van der Waals surface area contributed by atoms with Gasteiger partial charge in [0.15, 0.2) is 0 Å². The number of fused-ring (bicyclic) bond motifs is 1. The summed E-state index contributed by atoms with van der Waals surface area (Å²) in [6, 6.07) is 10.5. The molecule has 6 heteroatoms. The lowest BCUT2D eigenvalue weighted by Crippen LogP contribution is -2.47. The molecule has 1 aliphatic rings. The van der Waals surface area contributed by atoms with E-state index in [1.165, 1.54) is 10.1 Å². The molecule has 4 rings (SSSR count). The lowest BCUT2D eigenvalue weighted by atomic mass is 10.2. The van der Waals surface area contributed by atoms with Crippen LogP contribution in [0.1, 0.15) is 0 Å². The summed E-state index contributed by atoms with van der Waals surface area (Å²) in [6.07, 6.45) is 3.86. The summed E-state index contributed by atoms with van der Waals surface area (Å²) in [4.78, 5) is 4.93. The average Bonchev–Trinajstić information content (AvgIpc) is 3.23. The lowest BCUT2D eigenvalue weighted by Gasteiger charge is -2.35. The zero-order valence-electron chi connectivity index (χ0n) is 12.4. The summed E-state index contributed by atoms with van der Waals surface area (Å²) in [6.45, 7) is 6.31. The largest absolute Gasteiger partial charge is 0.353 e. The van der Waals surface area contributed by atoms with E-state index in [1.807, 2.05) is 23.1 Å². The molecule has 1 aromatic carbocycles. The smallest absolute Gasteiger partial charge is 0.150 e. The van der Waals surface area contributed by atoms with Crippen molar-refractivity contribution in [3.63, 3.8) is 0 Å². The molecule has 0 N–H and O–H groups in total. The van der Waals surface area contributed by atoms with Crippen LogP contribution in [0.25, 0.3) is 10.1 Å². The molecule has 0 amide bonds. The number of anilines is 1. The van der Waals surface area contributed by atoms with Gasteiger partial charge in [-0.05, 0) is 29.7 Å². The Bertz CT molecular complexity index is 728. The molecule has 22 heavy (non-hydrogen) atoms. The van der Waals surface area contributed by atoms with Gasteiger partial charge in [0.1, 0.15) is 5.82 Å². The van der Waals surface area contributed by atoms with E-state index in [9.17, 15) is 0 Å². The van der Waals surface area contributed by atoms with Gasteiger partial charge in [0.2, 0.25) is 0 Å². The van der Waals surface area contributed by atoms with Crippen LogP contribution in [0.15, 0.2) is 42.7 Å². The highest BCUT2D eigenvalue weighted by Crippen LogP contribution is 2.29. The predicted octanol–water partition coefficient (Wildman–Crippen LogP) is 2.32. The third-order valence-electron chi connectivity index (χ3n) is 4.23. The molecule has 0 saturated carbocycles. The van der Waals surface area contributed by atoms with Crippen molar-refractivity contribution in [3.05, 3.63) is 42.7 Å². The summed E-state index contributed by atoms with van der Waals surface area (Å²) < 4.78 is 7.94. The Hall–Kier alpha value is -1.92. The Morgan fingerprint density at radius 1 is 1.00 bits per heavy atom. The molecular weight excluding hydrogens is 294 g/mol. The van der Waals surface area contributed by atoms with E-state index in [-0.39, 0.29) is 0 Å². The van der Waals surface area contributed by atoms with Crippen LogP contribution in [-0.4, -0.2) is 51.8 Å². The minimum atomic E-state index is 0.965. The lowest BCUT2D eigenvalue weighted by molar-refractivity contribution is 0.244. The van der Waals surface area contributed by atoms with Crippen LogP contribution in [-0.2, 0) is 6.54 Å². The highest BCUT2D eigenvalue weighted by Gasteiger charge is 2.20. The highest BCUT2D eigenvalue weighted by molar-refractivity contribution is 7.13. The van der Waals surface area contributed by atoms with Gasteiger partial charge in [0, 0.05) is 50.5 Å². The predicted molar refractivity (Wildman–Crippen MR) is 90.5 cm³/mol. The maximum atomic E-state index is 4.67. The van der Waals surface area contributed by atoms with Gasteiger partial charge in [-0.25, -0.2) is 0 Å².